The minimum Gasteiger partial charge on any atom is -0.480 e. The van der Waals surface area contributed by atoms with Crippen LogP contribution in [0.5, 0.6) is 0 Å². The van der Waals surface area contributed by atoms with Gasteiger partial charge in [-0.2, -0.15) is 0 Å². The molecule has 0 aromatic heterocycles. The van der Waals surface area contributed by atoms with Crippen LogP contribution >= 0.6 is 0 Å². The number of carboxylic acids is 1. The van der Waals surface area contributed by atoms with E-state index in [4.69, 9.17) is 5.73 Å². The van der Waals surface area contributed by atoms with Crippen LogP contribution in [0.1, 0.15) is 22.3 Å². The Morgan fingerprint density at radius 2 is 1.59 bits per heavy atom. The van der Waals surface area contributed by atoms with Crippen LogP contribution in [-0.4, -0.2) is 55.1 Å². The van der Waals surface area contributed by atoms with Crippen molar-refractivity contribution in [1.82, 2.24) is 10.2 Å². The van der Waals surface area contributed by atoms with Crippen molar-refractivity contribution in [1.29, 1.82) is 0 Å². The van der Waals surface area contributed by atoms with Gasteiger partial charge in [0.25, 0.3) is 5.91 Å². The summed E-state index contributed by atoms with van der Waals surface area (Å²) in [6.07, 6.45) is 1.36. The van der Waals surface area contributed by atoms with Crippen molar-refractivity contribution in [2.75, 3.05) is 27.2 Å². The number of rotatable bonds is 8. The van der Waals surface area contributed by atoms with Crippen molar-refractivity contribution in [2.24, 2.45) is 5.73 Å². The second-order valence-corrected chi connectivity index (χ2v) is 6.37. The van der Waals surface area contributed by atoms with E-state index in [-0.39, 0.29) is 12.3 Å². The van der Waals surface area contributed by atoms with E-state index in [2.05, 4.69) is 24.3 Å². The summed E-state index contributed by atoms with van der Waals surface area (Å²) in [4.78, 5) is 25.4. The maximum atomic E-state index is 12.0. The lowest BCUT2D eigenvalue weighted by atomic mass is 10.1. The van der Waals surface area contributed by atoms with E-state index in [1.165, 1.54) is 0 Å². The Morgan fingerprint density at radius 3 is 2.04 bits per heavy atom. The van der Waals surface area contributed by atoms with Crippen molar-refractivity contribution in [3.8, 4) is 0 Å². The maximum absolute atomic E-state index is 12.0. The SMILES string of the molecule is CN(C)CCCN.O=C(NC(Cc1ccccc1)C(=O)O)c1ccccc1. The Kier molecular flexibility index (Phi) is 10.4. The van der Waals surface area contributed by atoms with Gasteiger partial charge in [0, 0.05) is 12.0 Å². The molecule has 0 aliphatic heterocycles. The van der Waals surface area contributed by atoms with Crippen LogP contribution in [0, 0.1) is 0 Å². The molecule has 0 aliphatic rings. The molecule has 0 fully saturated rings. The Morgan fingerprint density at radius 1 is 1.04 bits per heavy atom. The molecule has 146 valence electrons. The highest BCUT2D eigenvalue weighted by Gasteiger charge is 2.20. The van der Waals surface area contributed by atoms with Crippen LogP contribution in [0.25, 0.3) is 0 Å². The molecule has 6 nitrogen and oxygen atoms in total. The van der Waals surface area contributed by atoms with Gasteiger partial charge in [0.05, 0.1) is 0 Å². The van der Waals surface area contributed by atoms with Gasteiger partial charge in [0.1, 0.15) is 6.04 Å². The van der Waals surface area contributed by atoms with E-state index < -0.39 is 12.0 Å². The summed E-state index contributed by atoms with van der Waals surface area (Å²) in [5.74, 6) is -1.42. The molecule has 6 heteroatoms. The van der Waals surface area contributed by atoms with E-state index >= 15 is 0 Å². The van der Waals surface area contributed by atoms with E-state index in [1.54, 1.807) is 30.3 Å². The van der Waals surface area contributed by atoms with Crippen LogP contribution < -0.4 is 11.1 Å². The molecule has 0 aliphatic carbocycles. The Balaban J connectivity index is 0.000000445. The van der Waals surface area contributed by atoms with E-state index in [0.29, 0.717) is 5.56 Å². The third-order valence-electron chi connectivity index (χ3n) is 3.73. The summed E-state index contributed by atoms with van der Waals surface area (Å²) < 4.78 is 0. The fourth-order valence-electron chi connectivity index (χ4n) is 2.29. The minimum atomic E-state index is -1.04. The van der Waals surface area contributed by atoms with Crippen LogP contribution in [0.3, 0.4) is 0 Å². The van der Waals surface area contributed by atoms with Crippen molar-refractivity contribution >= 4 is 11.9 Å². The van der Waals surface area contributed by atoms with Gasteiger partial charge in [-0.05, 0) is 51.3 Å². The Labute approximate surface area is 161 Å². The number of carbonyl (C=O) groups is 2. The quantitative estimate of drug-likeness (QED) is 0.660. The van der Waals surface area contributed by atoms with Crippen LogP contribution in [0.2, 0.25) is 0 Å². The molecule has 0 bridgehead atoms. The zero-order valence-electron chi connectivity index (χ0n) is 16.0. The predicted octanol–water partition coefficient (Wildman–Crippen LogP) is 2.01. The topological polar surface area (TPSA) is 95.7 Å². The largest absolute Gasteiger partial charge is 0.480 e. The van der Waals surface area contributed by atoms with Crippen molar-refractivity contribution < 1.29 is 14.7 Å². The van der Waals surface area contributed by atoms with E-state index in [0.717, 1.165) is 25.1 Å². The highest BCUT2D eigenvalue weighted by atomic mass is 16.4. The second kappa shape index (κ2) is 12.6. The van der Waals surface area contributed by atoms with Crippen LogP contribution in [0.15, 0.2) is 60.7 Å². The second-order valence-electron chi connectivity index (χ2n) is 6.37. The maximum Gasteiger partial charge on any atom is 0.326 e. The molecule has 1 amide bonds. The van der Waals surface area contributed by atoms with Crippen LogP contribution in [-0.2, 0) is 11.2 Å². The number of aliphatic carboxylic acids is 1. The first kappa shape index (κ1) is 22.3. The van der Waals surface area contributed by atoms with Crippen LogP contribution in [0.4, 0.5) is 0 Å². The lowest BCUT2D eigenvalue weighted by Gasteiger charge is -2.14. The Hall–Kier alpha value is -2.70. The number of hydrogen-bond donors (Lipinski definition) is 3. The average Bonchev–Trinajstić information content (AvgIpc) is 2.67. The number of benzene rings is 2. The summed E-state index contributed by atoms with van der Waals surface area (Å²) in [7, 11) is 4.10. The normalized spacial score (nSPS) is 11.3. The van der Waals surface area contributed by atoms with E-state index in [9.17, 15) is 14.7 Å². The molecule has 1 unspecified atom stereocenters. The molecule has 0 heterocycles. The fraction of sp³-hybridized carbons (Fsp3) is 0.333. The van der Waals surface area contributed by atoms with Gasteiger partial charge in [-0.1, -0.05) is 48.5 Å². The highest BCUT2D eigenvalue weighted by Crippen LogP contribution is 2.05. The zero-order valence-corrected chi connectivity index (χ0v) is 16.0. The highest BCUT2D eigenvalue weighted by molar-refractivity contribution is 5.96. The molecule has 4 N–H and O–H groups in total. The van der Waals surface area contributed by atoms with Gasteiger partial charge >= 0.3 is 5.97 Å². The lowest BCUT2D eigenvalue weighted by Crippen LogP contribution is -2.42. The van der Waals surface area contributed by atoms with Crippen molar-refractivity contribution in [3.63, 3.8) is 0 Å². The van der Waals surface area contributed by atoms with Gasteiger partial charge < -0.3 is 21.1 Å². The minimum absolute atomic E-state index is 0.259. The first-order valence-corrected chi connectivity index (χ1v) is 8.91. The number of nitrogens with zero attached hydrogens (tertiary/aromatic N) is 1. The monoisotopic (exact) mass is 371 g/mol. The summed E-state index contributed by atoms with van der Waals surface area (Å²) in [6, 6.07) is 16.9. The van der Waals surface area contributed by atoms with Gasteiger partial charge in [-0.15, -0.1) is 0 Å². The molecule has 2 aromatic rings. The standard InChI is InChI=1S/C16H15NO3.C5H14N2/c18-15(13-9-5-2-6-10-13)17-14(16(19)20)11-12-7-3-1-4-8-12;1-7(2)5-3-4-6/h1-10,14H,11H2,(H,17,18)(H,19,20);3-6H2,1-2H3. The third-order valence-corrected chi connectivity index (χ3v) is 3.73. The molecular weight excluding hydrogens is 342 g/mol. The van der Waals surface area contributed by atoms with E-state index in [1.807, 2.05) is 30.3 Å². The molecule has 0 spiro atoms. The molecule has 1 atom stereocenters. The number of amides is 1. The summed E-state index contributed by atoms with van der Waals surface area (Å²) >= 11 is 0. The summed E-state index contributed by atoms with van der Waals surface area (Å²) in [6.45, 7) is 1.91. The molecule has 0 radical (unpaired) electrons. The molecular formula is C21H29N3O3. The third kappa shape index (κ3) is 9.53. The lowest BCUT2D eigenvalue weighted by molar-refractivity contribution is -0.139. The molecule has 0 saturated heterocycles. The molecule has 2 rings (SSSR count). The molecule has 0 saturated carbocycles. The van der Waals surface area contributed by atoms with Gasteiger partial charge in [0.2, 0.25) is 0 Å². The summed E-state index contributed by atoms with van der Waals surface area (Å²) in [5.41, 5.74) is 6.57. The van der Waals surface area contributed by atoms with Gasteiger partial charge in [-0.3, -0.25) is 4.79 Å². The van der Waals surface area contributed by atoms with Crippen molar-refractivity contribution in [3.05, 3.63) is 71.8 Å². The zero-order chi connectivity index (χ0) is 20.1. The first-order chi connectivity index (χ1) is 12.9. The number of carboxylic acid groups (broad SMARTS) is 1. The summed E-state index contributed by atoms with van der Waals surface area (Å²) in [5, 5.41) is 11.8. The first-order valence-electron chi connectivity index (χ1n) is 8.91. The molecule has 2 aromatic carbocycles. The number of nitrogens with two attached hydrogens (primary N) is 1. The molecule has 27 heavy (non-hydrogen) atoms. The Bertz CT molecular complexity index is 676. The van der Waals surface area contributed by atoms with Gasteiger partial charge in [0.15, 0.2) is 0 Å². The van der Waals surface area contributed by atoms with Crippen molar-refractivity contribution in [2.45, 2.75) is 18.9 Å². The predicted molar refractivity (Wildman–Crippen MR) is 108 cm³/mol. The number of nitrogens with one attached hydrogen (secondary N) is 1. The smallest absolute Gasteiger partial charge is 0.326 e. The number of carbonyl (C=O) groups excluding carboxylic acids is 1. The fourth-order valence-corrected chi connectivity index (χ4v) is 2.29. The van der Waals surface area contributed by atoms with Gasteiger partial charge in [-0.25, -0.2) is 4.79 Å². The number of hydrogen-bond acceptors (Lipinski definition) is 4. The average molecular weight is 371 g/mol.